The molecule has 0 atom stereocenters. The van der Waals surface area contributed by atoms with Gasteiger partial charge in [-0.1, -0.05) is 18.2 Å². The van der Waals surface area contributed by atoms with E-state index in [0.717, 1.165) is 22.4 Å². The molecule has 0 amide bonds. The van der Waals surface area contributed by atoms with Crippen molar-refractivity contribution in [1.82, 2.24) is 9.97 Å². The minimum atomic E-state index is -0.289. The van der Waals surface area contributed by atoms with Gasteiger partial charge >= 0.3 is 0 Å². The van der Waals surface area contributed by atoms with Gasteiger partial charge < -0.3 is 14.5 Å². The van der Waals surface area contributed by atoms with E-state index in [0.29, 0.717) is 22.9 Å². The molecule has 0 spiro atoms. The molecule has 4 rings (SSSR count). The van der Waals surface area contributed by atoms with Crippen LogP contribution in [0.1, 0.15) is 11.1 Å². The Morgan fingerprint density at radius 2 is 1.77 bits per heavy atom. The van der Waals surface area contributed by atoms with Gasteiger partial charge in [0.05, 0.1) is 30.6 Å². The van der Waals surface area contributed by atoms with Crippen molar-refractivity contribution < 1.29 is 13.9 Å². The maximum Gasteiger partial charge on any atom is 0.161 e. The molecule has 0 radical (unpaired) electrons. The molecule has 30 heavy (non-hydrogen) atoms. The minimum absolute atomic E-state index is 0.262. The molecule has 0 saturated heterocycles. The number of hydrogen-bond acceptors (Lipinski definition) is 4. The summed E-state index contributed by atoms with van der Waals surface area (Å²) in [5.41, 5.74) is 3.86. The van der Waals surface area contributed by atoms with E-state index in [1.165, 1.54) is 12.1 Å². The lowest BCUT2D eigenvalue weighted by Gasteiger charge is -2.12. The van der Waals surface area contributed by atoms with Crippen molar-refractivity contribution in [1.29, 1.82) is 5.26 Å². The van der Waals surface area contributed by atoms with Crippen molar-refractivity contribution in [3.05, 3.63) is 89.9 Å². The van der Waals surface area contributed by atoms with Gasteiger partial charge in [-0.3, -0.25) is 0 Å². The van der Waals surface area contributed by atoms with Crippen LogP contribution in [-0.4, -0.2) is 17.1 Å². The Morgan fingerprint density at radius 1 is 1.00 bits per heavy atom. The highest BCUT2D eigenvalue weighted by Gasteiger charge is 2.11. The van der Waals surface area contributed by atoms with Gasteiger partial charge in [0.1, 0.15) is 18.2 Å². The molecule has 3 aromatic carbocycles. The Kier molecular flexibility index (Phi) is 5.44. The number of rotatable bonds is 6. The molecular formula is C24H18FN3O2. The van der Waals surface area contributed by atoms with E-state index in [9.17, 15) is 9.65 Å². The number of halogens is 1. The van der Waals surface area contributed by atoms with E-state index in [4.69, 9.17) is 9.47 Å². The summed E-state index contributed by atoms with van der Waals surface area (Å²) in [6, 6.07) is 21.2. The molecule has 5 nitrogen and oxygen atoms in total. The summed E-state index contributed by atoms with van der Waals surface area (Å²) in [5.74, 6) is 1.51. The molecule has 0 fully saturated rings. The monoisotopic (exact) mass is 399 g/mol. The second-order valence-corrected chi connectivity index (χ2v) is 6.58. The summed E-state index contributed by atoms with van der Waals surface area (Å²) in [7, 11) is 1.58. The summed E-state index contributed by atoms with van der Waals surface area (Å²) in [5, 5.41) is 9.22. The van der Waals surface area contributed by atoms with Gasteiger partial charge in [-0.2, -0.15) is 5.26 Å². The molecule has 1 N–H and O–H groups in total. The number of H-pyrrole nitrogens is 1. The van der Waals surface area contributed by atoms with Crippen LogP contribution in [0.15, 0.2) is 72.9 Å². The second kappa shape index (κ2) is 8.50. The molecule has 1 heterocycles. The first-order valence-electron chi connectivity index (χ1n) is 9.28. The molecule has 6 heteroatoms. The zero-order valence-corrected chi connectivity index (χ0v) is 16.2. The third-order valence-corrected chi connectivity index (χ3v) is 4.69. The van der Waals surface area contributed by atoms with Crippen LogP contribution in [-0.2, 0) is 6.61 Å². The molecular weight excluding hydrogens is 381 g/mol. The van der Waals surface area contributed by atoms with E-state index in [1.54, 1.807) is 31.5 Å². The van der Waals surface area contributed by atoms with Crippen molar-refractivity contribution in [2.75, 3.05) is 7.11 Å². The number of benzene rings is 3. The first-order chi connectivity index (χ1) is 14.7. The lowest BCUT2D eigenvalue weighted by Crippen LogP contribution is -2.00. The van der Waals surface area contributed by atoms with Gasteiger partial charge in [-0.05, 0) is 48.5 Å². The molecule has 1 aromatic heterocycles. The molecule has 0 saturated carbocycles. The second-order valence-electron chi connectivity index (χ2n) is 6.58. The minimum Gasteiger partial charge on any atom is -0.493 e. The lowest BCUT2D eigenvalue weighted by atomic mass is 10.1. The fourth-order valence-corrected chi connectivity index (χ4v) is 3.09. The van der Waals surface area contributed by atoms with Gasteiger partial charge in [0, 0.05) is 16.7 Å². The fraction of sp³-hybridized carbons (Fsp3) is 0.0833. The Hall–Kier alpha value is -4.11. The SMILES string of the molecule is COc1cc(-c2cnc(-c3ccc(F)cc3)[nH]2)ccc1OCc1ccccc1C#N. The molecule has 0 aliphatic rings. The highest BCUT2D eigenvalue weighted by atomic mass is 19.1. The molecule has 0 aliphatic carbocycles. The van der Waals surface area contributed by atoms with Crippen molar-refractivity contribution in [3.8, 4) is 40.2 Å². The number of nitriles is 1. The number of hydrogen-bond donors (Lipinski definition) is 1. The molecule has 0 aliphatic heterocycles. The van der Waals surface area contributed by atoms with Gasteiger partial charge in [0.15, 0.2) is 11.5 Å². The van der Waals surface area contributed by atoms with Gasteiger partial charge in [-0.15, -0.1) is 0 Å². The Labute approximate surface area is 173 Å². The number of nitrogens with zero attached hydrogens (tertiary/aromatic N) is 2. The number of nitrogens with one attached hydrogen (secondary N) is 1. The van der Waals surface area contributed by atoms with Crippen molar-refractivity contribution >= 4 is 0 Å². The molecule has 148 valence electrons. The van der Waals surface area contributed by atoms with Crippen LogP contribution in [0.4, 0.5) is 4.39 Å². The quantitative estimate of drug-likeness (QED) is 0.475. The van der Waals surface area contributed by atoms with Gasteiger partial charge in [0.25, 0.3) is 0 Å². The Bertz CT molecular complexity index is 1210. The number of aromatic nitrogens is 2. The summed E-state index contributed by atoms with van der Waals surface area (Å²) in [6.45, 7) is 0.262. The number of methoxy groups -OCH3 is 1. The van der Waals surface area contributed by atoms with E-state index in [-0.39, 0.29) is 12.4 Å². The maximum atomic E-state index is 13.1. The number of imidazole rings is 1. The van der Waals surface area contributed by atoms with E-state index < -0.39 is 0 Å². The molecule has 0 bridgehead atoms. The van der Waals surface area contributed by atoms with Crippen LogP contribution in [0.5, 0.6) is 11.5 Å². The normalized spacial score (nSPS) is 10.4. The van der Waals surface area contributed by atoms with Crippen molar-refractivity contribution in [2.24, 2.45) is 0 Å². The van der Waals surface area contributed by atoms with Gasteiger partial charge in [0.2, 0.25) is 0 Å². The van der Waals surface area contributed by atoms with Crippen LogP contribution in [0.2, 0.25) is 0 Å². The van der Waals surface area contributed by atoms with E-state index in [1.807, 2.05) is 36.4 Å². The van der Waals surface area contributed by atoms with Crippen molar-refractivity contribution in [3.63, 3.8) is 0 Å². The van der Waals surface area contributed by atoms with E-state index >= 15 is 0 Å². The highest BCUT2D eigenvalue weighted by molar-refractivity contribution is 5.67. The topological polar surface area (TPSA) is 70.9 Å². The van der Waals surface area contributed by atoms with Crippen LogP contribution < -0.4 is 9.47 Å². The Balaban J connectivity index is 1.55. The third kappa shape index (κ3) is 4.01. The van der Waals surface area contributed by atoms with Crippen LogP contribution in [0.25, 0.3) is 22.6 Å². The predicted molar refractivity (Wildman–Crippen MR) is 111 cm³/mol. The zero-order chi connectivity index (χ0) is 20.9. The third-order valence-electron chi connectivity index (χ3n) is 4.69. The van der Waals surface area contributed by atoms with Crippen LogP contribution in [0, 0.1) is 17.1 Å². The number of ether oxygens (including phenoxy) is 2. The van der Waals surface area contributed by atoms with Gasteiger partial charge in [-0.25, -0.2) is 9.37 Å². The summed E-state index contributed by atoms with van der Waals surface area (Å²) >= 11 is 0. The van der Waals surface area contributed by atoms with Crippen LogP contribution >= 0.6 is 0 Å². The predicted octanol–water partition coefficient (Wildman–Crippen LogP) is 5.34. The van der Waals surface area contributed by atoms with E-state index in [2.05, 4.69) is 16.0 Å². The average Bonchev–Trinajstić information content (AvgIpc) is 3.28. The lowest BCUT2D eigenvalue weighted by molar-refractivity contribution is 0.284. The molecule has 4 aromatic rings. The largest absolute Gasteiger partial charge is 0.493 e. The summed E-state index contributed by atoms with van der Waals surface area (Å²) in [6.07, 6.45) is 1.72. The first-order valence-corrected chi connectivity index (χ1v) is 9.28. The van der Waals surface area contributed by atoms with Crippen LogP contribution in [0.3, 0.4) is 0 Å². The standard InChI is InChI=1S/C24H18FN3O2/c1-29-23-12-17(21-14-27-24(28-21)16-6-9-20(25)10-7-16)8-11-22(23)30-15-19-5-3-2-4-18(19)13-26/h2-12,14H,15H2,1H3,(H,27,28). The molecule has 0 unspecified atom stereocenters. The average molecular weight is 399 g/mol. The highest BCUT2D eigenvalue weighted by Crippen LogP contribution is 2.33. The Morgan fingerprint density at radius 3 is 2.53 bits per heavy atom. The summed E-state index contributed by atoms with van der Waals surface area (Å²) in [4.78, 5) is 7.63. The maximum absolute atomic E-state index is 13.1. The summed E-state index contributed by atoms with van der Waals surface area (Å²) < 4.78 is 24.5. The fourth-order valence-electron chi connectivity index (χ4n) is 3.09. The zero-order valence-electron chi connectivity index (χ0n) is 16.2. The first kappa shape index (κ1) is 19.2. The smallest absolute Gasteiger partial charge is 0.161 e. The van der Waals surface area contributed by atoms with Crippen molar-refractivity contribution in [2.45, 2.75) is 6.61 Å². The number of aromatic amines is 1.